The molecule has 2 aromatic carbocycles. The van der Waals surface area contributed by atoms with E-state index in [9.17, 15) is 9.59 Å². The fourth-order valence-corrected chi connectivity index (χ4v) is 3.61. The maximum atomic E-state index is 13.0. The molecule has 0 saturated carbocycles. The first-order chi connectivity index (χ1) is 15.9. The van der Waals surface area contributed by atoms with Gasteiger partial charge in [0.25, 0.3) is 5.91 Å². The van der Waals surface area contributed by atoms with E-state index in [-0.39, 0.29) is 11.8 Å². The van der Waals surface area contributed by atoms with E-state index in [1.165, 1.54) is 12.5 Å². The van der Waals surface area contributed by atoms with Crippen LogP contribution in [0.15, 0.2) is 83.8 Å². The average Bonchev–Trinajstić information content (AvgIpc) is 3.50. The zero-order chi connectivity index (χ0) is 23.4. The van der Waals surface area contributed by atoms with Crippen LogP contribution in [0.2, 0.25) is 5.02 Å². The van der Waals surface area contributed by atoms with Crippen molar-refractivity contribution in [1.82, 2.24) is 20.0 Å². The summed E-state index contributed by atoms with van der Waals surface area (Å²) < 4.78 is 6.73. The van der Waals surface area contributed by atoms with Crippen LogP contribution in [0.25, 0.3) is 16.9 Å². The maximum Gasteiger partial charge on any atom is 0.255 e. The Morgan fingerprint density at radius 3 is 2.52 bits per heavy atom. The van der Waals surface area contributed by atoms with Crippen LogP contribution in [0.5, 0.6) is 0 Å². The summed E-state index contributed by atoms with van der Waals surface area (Å²) in [6.45, 7) is 1.97. The van der Waals surface area contributed by atoms with Gasteiger partial charge in [-0.2, -0.15) is 5.10 Å². The van der Waals surface area contributed by atoms with Gasteiger partial charge < -0.3 is 14.6 Å². The highest BCUT2D eigenvalue weighted by Gasteiger charge is 2.23. The molecule has 168 valence electrons. The third kappa shape index (κ3) is 5.15. The Morgan fingerprint density at radius 2 is 1.85 bits per heavy atom. The highest BCUT2D eigenvalue weighted by molar-refractivity contribution is 6.30. The number of carbonyl (C=O) groups excluding carboxylic acids is 2. The van der Waals surface area contributed by atoms with Gasteiger partial charge in [-0.3, -0.25) is 9.59 Å². The molecule has 0 spiro atoms. The SMILES string of the molecule is CC(NC(=O)c1ccoc1)C(=O)N(C)Cc1cn(-c2ccccc2)nc1-c1ccc(Cl)cc1. The lowest BCUT2D eigenvalue weighted by atomic mass is 10.1. The second-order valence-corrected chi connectivity index (χ2v) is 8.13. The molecule has 33 heavy (non-hydrogen) atoms. The van der Waals surface area contributed by atoms with Crippen molar-refractivity contribution in [1.29, 1.82) is 0 Å². The van der Waals surface area contributed by atoms with Gasteiger partial charge in [0, 0.05) is 35.9 Å². The summed E-state index contributed by atoms with van der Waals surface area (Å²) in [6, 6.07) is 18.0. The van der Waals surface area contributed by atoms with Crippen LogP contribution in [0.3, 0.4) is 0 Å². The Balaban J connectivity index is 1.56. The molecular formula is C25H23ClN4O3. The van der Waals surface area contributed by atoms with Crippen molar-refractivity contribution in [2.45, 2.75) is 19.5 Å². The minimum atomic E-state index is -0.708. The third-order valence-electron chi connectivity index (χ3n) is 5.21. The Labute approximate surface area is 196 Å². The van der Waals surface area contributed by atoms with Gasteiger partial charge >= 0.3 is 0 Å². The van der Waals surface area contributed by atoms with E-state index in [1.807, 2.05) is 60.8 Å². The van der Waals surface area contributed by atoms with Gasteiger partial charge in [0.2, 0.25) is 5.91 Å². The lowest BCUT2D eigenvalue weighted by Gasteiger charge is -2.22. The molecular weight excluding hydrogens is 440 g/mol. The van der Waals surface area contributed by atoms with Crippen molar-refractivity contribution in [2.24, 2.45) is 0 Å². The molecule has 2 heterocycles. The number of carbonyl (C=O) groups is 2. The van der Waals surface area contributed by atoms with Crippen LogP contribution in [0, 0.1) is 0 Å². The second-order valence-electron chi connectivity index (χ2n) is 7.69. The number of aromatic nitrogens is 2. The first-order valence-electron chi connectivity index (χ1n) is 10.4. The predicted octanol–water partition coefficient (Wildman–Crippen LogP) is 4.56. The first kappa shape index (κ1) is 22.4. The first-order valence-corrected chi connectivity index (χ1v) is 10.8. The van der Waals surface area contributed by atoms with Crippen molar-refractivity contribution in [2.75, 3.05) is 7.05 Å². The Bertz CT molecular complexity index is 1230. The molecule has 1 N–H and O–H groups in total. The van der Waals surface area contributed by atoms with Crippen LogP contribution >= 0.6 is 11.6 Å². The molecule has 2 aromatic heterocycles. The number of para-hydroxylation sites is 1. The van der Waals surface area contributed by atoms with Crippen molar-refractivity contribution < 1.29 is 14.0 Å². The molecule has 1 unspecified atom stereocenters. The standard InChI is InChI=1S/C25H23ClN4O3/c1-17(27-24(31)19-12-13-33-16-19)25(32)29(2)14-20-15-30(22-6-4-3-5-7-22)28-23(20)18-8-10-21(26)11-9-18/h3-13,15-17H,14H2,1-2H3,(H,27,31). The number of furan rings is 1. The zero-order valence-corrected chi connectivity index (χ0v) is 19.0. The fraction of sp³-hybridized carbons (Fsp3) is 0.160. The molecule has 4 aromatic rings. The summed E-state index contributed by atoms with van der Waals surface area (Å²) in [5.41, 5.74) is 3.79. The number of hydrogen-bond donors (Lipinski definition) is 1. The number of benzene rings is 2. The van der Waals surface area contributed by atoms with Crippen molar-refractivity contribution >= 4 is 23.4 Å². The van der Waals surface area contributed by atoms with Gasteiger partial charge in [-0.15, -0.1) is 0 Å². The molecule has 0 radical (unpaired) electrons. The molecule has 0 saturated heterocycles. The smallest absolute Gasteiger partial charge is 0.255 e. The number of amides is 2. The molecule has 1 atom stereocenters. The molecule has 4 rings (SSSR count). The summed E-state index contributed by atoms with van der Waals surface area (Å²) >= 11 is 6.06. The van der Waals surface area contributed by atoms with Crippen molar-refractivity contribution in [3.8, 4) is 16.9 Å². The zero-order valence-electron chi connectivity index (χ0n) is 18.2. The highest BCUT2D eigenvalue weighted by Crippen LogP contribution is 2.26. The van der Waals surface area contributed by atoms with Crippen LogP contribution in [0.1, 0.15) is 22.8 Å². The number of nitrogens with one attached hydrogen (secondary N) is 1. The van der Waals surface area contributed by atoms with E-state index in [1.54, 1.807) is 29.6 Å². The van der Waals surface area contributed by atoms with E-state index < -0.39 is 6.04 Å². The average molecular weight is 463 g/mol. The van der Waals surface area contributed by atoms with Gasteiger partial charge in [-0.25, -0.2) is 4.68 Å². The number of likely N-dealkylation sites (N-methyl/N-ethyl adjacent to an activating group) is 1. The van der Waals surface area contributed by atoms with E-state index in [0.717, 1.165) is 22.5 Å². The van der Waals surface area contributed by atoms with Gasteiger partial charge in [-0.1, -0.05) is 41.9 Å². The van der Waals surface area contributed by atoms with Gasteiger partial charge in [0.15, 0.2) is 0 Å². The quantitative estimate of drug-likeness (QED) is 0.436. The van der Waals surface area contributed by atoms with E-state index in [0.29, 0.717) is 17.1 Å². The largest absolute Gasteiger partial charge is 0.472 e. The van der Waals surface area contributed by atoms with Crippen molar-refractivity contribution in [3.63, 3.8) is 0 Å². The summed E-state index contributed by atoms with van der Waals surface area (Å²) in [5, 5.41) is 8.12. The van der Waals surface area contributed by atoms with E-state index in [4.69, 9.17) is 21.1 Å². The Hall–Kier alpha value is -3.84. The highest BCUT2D eigenvalue weighted by atomic mass is 35.5. The van der Waals surface area contributed by atoms with Crippen molar-refractivity contribution in [3.05, 3.63) is 95.5 Å². The van der Waals surface area contributed by atoms with Gasteiger partial charge in [-0.05, 0) is 37.3 Å². The van der Waals surface area contributed by atoms with Crippen LogP contribution in [0.4, 0.5) is 0 Å². The summed E-state index contributed by atoms with van der Waals surface area (Å²) in [7, 11) is 1.70. The Morgan fingerprint density at radius 1 is 1.12 bits per heavy atom. The lowest BCUT2D eigenvalue weighted by molar-refractivity contribution is -0.132. The fourth-order valence-electron chi connectivity index (χ4n) is 3.49. The Kier molecular flexibility index (Phi) is 6.60. The minimum absolute atomic E-state index is 0.221. The molecule has 0 fully saturated rings. The minimum Gasteiger partial charge on any atom is -0.472 e. The third-order valence-corrected chi connectivity index (χ3v) is 5.47. The van der Waals surface area contributed by atoms with Gasteiger partial charge in [0.1, 0.15) is 12.3 Å². The number of nitrogens with zero attached hydrogens (tertiary/aromatic N) is 3. The van der Waals surface area contributed by atoms with Gasteiger partial charge in [0.05, 0.1) is 23.2 Å². The molecule has 7 nitrogen and oxygen atoms in total. The predicted molar refractivity (Wildman–Crippen MR) is 126 cm³/mol. The summed E-state index contributed by atoms with van der Waals surface area (Å²) in [5.74, 6) is -0.585. The molecule has 0 aliphatic carbocycles. The van der Waals surface area contributed by atoms with Crippen LogP contribution in [-0.4, -0.2) is 39.6 Å². The molecule has 8 heteroatoms. The topological polar surface area (TPSA) is 80.4 Å². The molecule has 2 amide bonds. The normalized spacial score (nSPS) is 11.7. The number of halogens is 1. The number of hydrogen-bond acceptors (Lipinski definition) is 4. The van der Waals surface area contributed by atoms with Crippen LogP contribution < -0.4 is 5.32 Å². The maximum absolute atomic E-state index is 13.0. The lowest BCUT2D eigenvalue weighted by Crippen LogP contribution is -2.45. The molecule has 0 bridgehead atoms. The monoisotopic (exact) mass is 462 g/mol. The molecule has 0 aliphatic rings. The summed E-state index contributed by atoms with van der Waals surface area (Å²) in [6.07, 6.45) is 4.67. The second kappa shape index (κ2) is 9.75. The van der Waals surface area contributed by atoms with E-state index in [2.05, 4.69) is 5.32 Å². The van der Waals surface area contributed by atoms with Crippen LogP contribution in [-0.2, 0) is 11.3 Å². The number of rotatable bonds is 7. The molecule has 0 aliphatic heterocycles. The van der Waals surface area contributed by atoms with E-state index >= 15 is 0 Å². The summed E-state index contributed by atoms with van der Waals surface area (Å²) in [4.78, 5) is 26.8.